The van der Waals surface area contributed by atoms with Crippen LogP contribution in [0.1, 0.15) is 34.6 Å². The van der Waals surface area contributed by atoms with Crippen molar-refractivity contribution < 1.29 is 23.5 Å². The molecule has 0 atom stereocenters. The highest BCUT2D eigenvalue weighted by Crippen LogP contribution is 2.21. The molecule has 0 aliphatic carbocycles. The van der Waals surface area contributed by atoms with E-state index in [4.69, 9.17) is 21.7 Å². The minimum atomic E-state index is -0.556. The van der Waals surface area contributed by atoms with Crippen molar-refractivity contribution in [3.63, 3.8) is 0 Å². The highest BCUT2D eigenvalue weighted by atomic mass is 32.1. The van der Waals surface area contributed by atoms with Crippen LogP contribution in [0.4, 0.5) is 15.8 Å². The predicted molar refractivity (Wildman–Crippen MR) is 105 cm³/mol. The molecular formula is C19H19FN2O4S. The zero-order valence-corrected chi connectivity index (χ0v) is 15.7. The van der Waals surface area contributed by atoms with Crippen LogP contribution >= 0.6 is 12.2 Å². The Kier molecular flexibility index (Phi) is 7.25. The fourth-order valence-corrected chi connectivity index (χ4v) is 2.42. The third kappa shape index (κ3) is 5.75. The van der Waals surface area contributed by atoms with Crippen LogP contribution in [-0.2, 0) is 9.47 Å². The van der Waals surface area contributed by atoms with Crippen molar-refractivity contribution >= 4 is 40.6 Å². The van der Waals surface area contributed by atoms with E-state index in [9.17, 15) is 14.0 Å². The van der Waals surface area contributed by atoms with Crippen molar-refractivity contribution in [2.45, 2.75) is 13.8 Å². The lowest BCUT2D eigenvalue weighted by Crippen LogP contribution is -2.21. The van der Waals surface area contributed by atoms with E-state index in [0.717, 1.165) is 0 Å². The molecule has 0 spiro atoms. The number of benzene rings is 2. The summed E-state index contributed by atoms with van der Waals surface area (Å²) in [5, 5.41) is 5.90. The summed E-state index contributed by atoms with van der Waals surface area (Å²) in [7, 11) is 0. The van der Waals surface area contributed by atoms with Crippen molar-refractivity contribution in [2.75, 3.05) is 23.8 Å². The van der Waals surface area contributed by atoms with Gasteiger partial charge >= 0.3 is 11.9 Å². The maximum atomic E-state index is 13.0. The van der Waals surface area contributed by atoms with E-state index in [2.05, 4.69) is 10.6 Å². The molecule has 0 aromatic heterocycles. The zero-order chi connectivity index (χ0) is 19.8. The monoisotopic (exact) mass is 390 g/mol. The number of esters is 2. The van der Waals surface area contributed by atoms with Gasteiger partial charge in [0.05, 0.1) is 30.0 Å². The van der Waals surface area contributed by atoms with Crippen LogP contribution in [0.25, 0.3) is 0 Å². The lowest BCUT2D eigenvalue weighted by molar-refractivity contribution is 0.0512. The van der Waals surface area contributed by atoms with Gasteiger partial charge in [-0.05, 0) is 68.5 Å². The van der Waals surface area contributed by atoms with E-state index in [1.807, 2.05) is 0 Å². The molecule has 0 bridgehead atoms. The Morgan fingerprint density at radius 2 is 1.59 bits per heavy atom. The summed E-state index contributed by atoms with van der Waals surface area (Å²) < 4.78 is 23.0. The minimum Gasteiger partial charge on any atom is -0.462 e. The highest BCUT2D eigenvalue weighted by Gasteiger charge is 2.17. The van der Waals surface area contributed by atoms with Gasteiger partial charge in [0.1, 0.15) is 5.82 Å². The van der Waals surface area contributed by atoms with E-state index in [-0.39, 0.29) is 35.3 Å². The van der Waals surface area contributed by atoms with Crippen molar-refractivity contribution in [3.8, 4) is 0 Å². The number of ether oxygens (including phenoxy) is 2. The van der Waals surface area contributed by atoms with Gasteiger partial charge in [-0.1, -0.05) is 0 Å². The number of hydrogen-bond donors (Lipinski definition) is 2. The number of carbonyl (C=O) groups excluding carboxylic acids is 2. The van der Waals surface area contributed by atoms with Gasteiger partial charge in [-0.15, -0.1) is 0 Å². The minimum absolute atomic E-state index is 0.160. The maximum Gasteiger partial charge on any atom is 0.340 e. The molecule has 0 fully saturated rings. The molecule has 0 saturated heterocycles. The summed E-state index contributed by atoms with van der Waals surface area (Å²) in [6.07, 6.45) is 0. The van der Waals surface area contributed by atoms with Gasteiger partial charge in [0.2, 0.25) is 0 Å². The SMILES string of the molecule is CCOC(=O)c1ccc(C(=O)OCC)c(NC(=S)Nc2ccc(F)cc2)c1. The standard InChI is InChI=1S/C19H19FN2O4S/c1-3-25-17(23)12-5-10-15(18(24)26-4-2)16(11-12)22-19(27)21-14-8-6-13(20)7-9-14/h5-11H,3-4H2,1-2H3,(H2,21,22,27). The summed E-state index contributed by atoms with van der Waals surface area (Å²) in [6, 6.07) is 10.0. The van der Waals surface area contributed by atoms with E-state index in [1.54, 1.807) is 13.8 Å². The van der Waals surface area contributed by atoms with Crippen LogP contribution in [0.5, 0.6) is 0 Å². The molecule has 2 aromatic rings. The van der Waals surface area contributed by atoms with Gasteiger partial charge in [0.15, 0.2) is 5.11 Å². The molecule has 8 heteroatoms. The third-order valence-corrected chi connectivity index (χ3v) is 3.58. The van der Waals surface area contributed by atoms with Crippen molar-refractivity contribution in [3.05, 3.63) is 59.4 Å². The number of anilines is 2. The van der Waals surface area contributed by atoms with E-state index in [0.29, 0.717) is 11.4 Å². The first-order valence-corrected chi connectivity index (χ1v) is 8.67. The Bertz CT molecular complexity index is 840. The fourth-order valence-electron chi connectivity index (χ4n) is 2.19. The molecule has 6 nitrogen and oxygen atoms in total. The summed E-state index contributed by atoms with van der Waals surface area (Å²) in [5.41, 5.74) is 1.33. The van der Waals surface area contributed by atoms with E-state index < -0.39 is 11.9 Å². The average Bonchev–Trinajstić information content (AvgIpc) is 2.64. The lowest BCUT2D eigenvalue weighted by atomic mass is 10.1. The maximum absolute atomic E-state index is 13.0. The quantitative estimate of drug-likeness (QED) is 0.570. The Labute approximate surface area is 161 Å². The first-order valence-electron chi connectivity index (χ1n) is 8.26. The number of thiocarbonyl (C=S) groups is 1. The molecule has 0 amide bonds. The number of halogens is 1. The first kappa shape index (κ1) is 20.3. The molecule has 0 radical (unpaired) electrons. The van der Waals surface area contributed by atoms with E-state index >= 15 is 0 Å². The van der Waals surface area contributed by atoms with E-state index in [1.165, 1.54) is 42.5 Å². The normalized spacial score (nSPS) is 10.0. The Balaban J connectivity index is 2.25. The van der Waals surface area contributed by atoms with Crippen LogP contribution < -0.4 is 10.6 Å². The number of carbonyl (C=O) groups is 2. The Morgan fingerprint density at radius 1 is 0.963 bits per heavy atom. The van der Waals surface area contributed by atoms with Crippen molar-refractivity contribution in [2.24, 2.45) is 0 Å². The topological polar surface area (TPSA) is 76.7 Å². The number of nitrogens with one attached hydrogen (secondary N) is 2. The van der Waals surface area contributed by atoms with Crippen molar-refractivity contribution in [1.29, 1.82) is 0 Å². The number of hydrogen-bond acceptors (Lipinski definition) is 5. The summed E-state index contributed by atoms with van der Waals surface area (Å²) >= 11 is 5.24. The highest BCUT2D eigenvalue weighted by molar-refractivity contribution is 7.80. The largest absolute Gasteiger partial charge is 0.462 e. The molecule has 27 heavy (non-hydrogen) atoms. The van der Waals surface area contributed by atoms with Gasteiger partial charge in [0, 0.05) is 5.69 Å². The molecule has 2 aromatic carbocycles. The second-order valence-corrected chi connectivity index (χ2v) is 5.70. The molecule has 142 valence electrons. The van der Waals surface area contributed by atoms with Gasteiger partial charge in [-0.3, -0.25) is 0 Å². The molecule has 0 aliphatic rings. The van der Waals surface area contributed by atoms with Crippen molar-refractivity contribution in [1.82, 2.24) is 0 Å². The van der Waals surface area contributed by atoms with Gasteiger partial charge < -0.3 is 20.1 Å². The van der Waals surface area contributed by atoms with Crippen LogP contribution in [0.3, 0.4) is 0 Å². The third-order valence-electron chi connectivity index (χ3n) is 3.38. The van der Waals surface area contributed by atoms with Gasteiger partial charge in [-0.25, -0.2) is 14.0 Å². The summed E-state index contributed by atoms with van der Waals surface area (Å²) in [6.45, 7) is 3.83. The molecular weight excluding hydrogens is 371 g/mol. The van der Waals surface area contributed by atoms with Crippen LogP contribution in [0.2, 0.25) is 0 Å². The molecule has 0 saturated carbocycles. The Hall–Kier alpha value is -3.00. The van der Waals surface area contributed by atoms with Crippen LogP contribution in [0, 0.1) is 5.82 Å². The zero-order valence-electron chi connectivity index (χ0n) is 14.9. The molecule has 0 aliphatic heterocycles. The number of rotatable bonds is 6. The van der Waals surface area contributed by atoms with Crippen LogP contribution in [-0.4, -0.2) is 30.3 Å². The second-order valence-electron chi connectivity index (χ2n) is 5.29. The lowest BCUT2D eigenvalue weighted by Gasteiger charge is -2.15. The van der Waals surface area contributed by atoms with Gasteiger partial charge in [-0.2, -0.15) is 0 Å². The predicted octanol–water partition coefficient (Wildman–Crippen LogP) is 3.99. The second kappa shape index (κ2) is 9.63. The molecule has 2 rings (SSSR count). The average molecular weight is 390 g/mol. The molecule has 2 N–H and O–H groups in total. The van der Waals surface area contributed by atoms with Gasteiger partial charge in [0.25, 0.3) is 0 Å². The molecule has 0 heterocycles. The Morgan fingerprint density at radius 3 is 2.22 bits per heavy atom. The van der Waals surface area contributed by atoms with Crippen LogP contribution in [0.15, 0.2) is 42.5 Å². The first-order chi connectivity index (χ1) is 12.9. The fraction of sp³-hybridized carbons (Fsp3) is 0.211. The summed E-state index contributed by atoms with van der Waals surface area (Å²) in [5.74, 6) is -1.44. The summed E-state index contributed by atoms with van der Waals surface area (Å²) in [4.78, 5) is 24.1. The molecule has 0 unspecified atom stereocenters. The smallest absolute Gasteiger partial charge is 0.340 e.